The Morgan fingerprint density at radius 3 is 2.72 bits per heavy atom. The zero-order valence-corrected chi connectivity index (χ0v) is 14.8. The molecule has 1 aromatic heterocycles. The van der Waals surface area contributed by atoms with Crippen molar-refractivity contribution >= 4 is 39.7 Å². The van der Waals surface area contributed by atoms with Crippen LogP contribution in [0.2, 0.25) is 0 Å². The van der Waals surface area contributed by atoms with E-state index in [-0.39, 0.29) is 5.82 Å². The van der Waals surface area contributed by atoms with Crippen LogP contribution < -0.4 is 15.6 Å². The number of hydrogen-bond donors (Lipinski definition) is 2. The highest BCUT2D eigenvalue weighted by Crippen LogP contribution is 2.30. The predicted molar refractivity (Wildman–Crippen MR) is 95.6 cm³/mol. The van der Waals surface area contributed by atoms with Gasteiger partial charge in [0.25, 0.3) is 0 Å². The number of nitrogens with one attached hydrogen (secondary N) is 2. The Morgan fingerprint density at radius 2 is 2.00 bits per heavy atom. The molecular weight excluding hydrogens is 395 g/mol. The van der Waals surface area contributed by atoms with E-state index in [9.17, 15) is 9.18 Å². The van der Waals surface area contributed by atoms with Crippen molar-refractivity contribution in [1.82, 2.24) is 5.43 Å². The second kappa shape index (κ2) is 8.13. The number of hydrogen-bond acceptors (Lipinski definition) is 5. The number of ether oxygens (including phenoxy) is 1. The lowest BCUT2D eigenvalue weighted by Crippen LogP contribution is -2.36. The average Bonchev–Trinajstić information content (AvgIpc) is 2.98. The van der Waals surface area contributed by atoms with Gasteiger partial charge in [0.05, 0.1) is 23.9 Å². The van der Waals surface area contributed by atoms with Crippen molar-refractivity contribution in [3.63, 3.8) is 0 Å². The number of morpholine rings is 1. The van der Waals surface area contributed by atoms with E-state index in [2.05, 4.69) is 36.7 Å². The SMILES string of the molecule is O=C(N/N=C/c1cc(Br)c(N2CCOCC2)o1)Nc1ccc(F)cc1. The molecule has 0 saturated carbocycles. The Hall–Kier alpha value is -2.39. The molecule has 132 valence electrons. The molecule has 3 rings (SSSR count). The molecule has 2 aromatic rings. The lowest BCUT2D eigenvalue weighted by Gasteiger charge is -2.26. The first-order valence-corrected chi connectivity index (χ1v) is 8.39. The van der Waals surface area contributed by atoms with Crippen LogP contribution in [0.1, 0.15) is 5.76 Å². The molecular formula is C16H16BrFN4O3. The Balaban J connectivity index is 1.55. The molecule has 1 aliphatic heterocycles. The molecule has 1 saturated heterocycles. The molecule has 1 fully saturated rings. The monoisotopic (exact) mass is 410 g/mol. The standard InChI is InChI=1S/C16H16BrFN4O3/c17-14-9-13(25-15(14)22-5-7-24-8-6-22)10-19-21-16(23)20-12-3-1-11(18)2-4-12/h1-4,9-10H,5-8H2,(H2,20,21,23)/b19-10+. The first-order chi connectivity index (χ1) is 12.1. The van der Waals surface area contributed by atoms with Crippen LogP contribution in [0.25, 0.3) is 0 Å². The summed E-state index contributed by atoms with van der Waals surface area (Å²) in [6, 6.07) is 6.65. The summed E-state index contributed by atoms with van der Waals surface area (Å²) >= 11 is 3.46. The maximum atomic E-state index is 12.8. The van der Waals surface area contributed by atoms with E-state index in [1.807, 2.05) is 0 Å². The van der Waals surface area contributed by atoms with Gasteiger partial charge in [0, 0.05) is 24.8 Å². The van der Waals surface area contributed by atoms with Crippen molar-refractivity contribution in [3.8, 4) is 0 Å². The smallest absolute Gasteiger partial charge is 0.339 e. The third-order valence-electron chi connectivity index (χ3n) is 3.45. The first kappa shape index (κ1) is 17.4. The van der Waals surface area contributed by atoms with Gasteiger partial charge in [0.15, 0.2) is 5.76 Å². The summed E-state index contributed by atoms with van der Waals surface area (Å²) < 4.78 is 24.7. The summed E-state index contributed by atoms with van der Waals surface area (Å²) in [7, 11) is 0. The van der Waals surface area contributed by atoms with Crippen LogP contribution in [0, 0.1) is 5.82 Å². The van der Waals surface area contributed by atoms with E-state index in [0.717, 1.165) is 17.6 Å². The summed E-state index contributed by atoms with van der Waals surface area (Å²) in [4.78, 5) is 13.8. The number of nitrogens with zero attached hydrogens (tertiary/aromatic N) is 2. The average molecular weight is 411 g/mol. The number of amides is 2. The van der Waals surface area contributed by atoms with Crippen LogP contribution in [0.4, 0.5) is 20.8 Å². The van der Waals surface area contributed by atoms with Crippen molar-refractivity contribution in [2.75, 3.05) is 36.5 Å². The number of halogens is 2. The number of anilines is 2. The minimum Gasteiger partial charge on any atom is -0.438 e. The molecule has 0 radical (unpaired) electrons. The zero-order valence-electron chi connectivity index (χ0n) is 13.2. The molecule has 1 aliphatic rings. The zero-order chi connectivity index (χ0) is 17.6. The maximum absolute atomic E-state index is 12.8. The van der Waals surface area contributed by atoms with Gasteiger partial charge in [-0.2, -0.15) is 5.10 Å². The van der Waals surface area contributed by atoms with Gasteiger partial charge in [-0.15, -0.1) is 0 Å². The number of carbonyl (C=O) groups is 1. The van der Waals surface area contributed by atoms with E-state index in [1.165, 1.54) is 30.5 Å². The second-order valence-corrected chi connectivity index (χ2v) is 6.09. The third-order valence-corrected chi connectivity index (χ3v) is 4.01. The van der Waals surface area contributed by atoms with Gasteiger partial charge in [-0.05, 0) is 40.2 Å². The number of urea groups is 1. The fourth-order valence-electron chi connectivity index (χ4n) is 2.27. The Bertz CT molecular complexity index is 757. The molecule has 0 atom stereocenters. The molecule has 2 amide bonds. The van der Waals surface area contributed by atoms with E-state index < -0.39 is 6.03 Å². The van der Waals surface area contributed by atoms with Crippen molar-refractivity contribution in [2.45, 2.75) is 0 Å². The number of benzene rings is 1. The van der Waals surface area contributed by atoms with Crippen LogP contribution in [0.5, 0.6) is 0 Å². The van der Waals surface area contributed by atoms with Crippen LogP contribution in [0.3, 0.4) is 0 Å². The fourth-order valence-corrected chi connectivity index (χ4v) is 2.83. The highest BCUT2D eigenvalue weighted by molar-refractivity contribution is 9.10. The predicted octanol–water partition coefficient (Wildman–Crippen LogP) is 3.17. The normalized spacial score (nSPS) is 14.7. The molecule has 9 heteroatoms. The largest absolute Gasteiger partial charge is 0.438 e. The van der Waals surface area contributed by atoms with Crippen LogP contribution in [-0.4, -0.2) is 38.5 Å². The third kappa shape index (κ3) is 4.80. The van der Waals surface area contributed by atoms with E-state index >= 15 is 0 Å². The molecule has 2 N–H and O–H groups in total. The first-order valence-electron chi connectivity index (χ1n) is 7.59. The summed E-state index contributed by atoms with van der Waals surface area (Å²) in [5.74, 6) is 0.833. The quantitative estimate of drug-likeness (QED) is 0.599. The number of hydrazone groups is 1. The van der Waals surface area contributed by atoms with Crippen molar-refractivity contribution in [3.05, 3.63) is 46.4 Å². The second-order valence-electron chi connectivity index (χ2n) is 5.23. The van der Waals surface area contributed by atoms with Gasteiger partial charge >= 0.3 is 6.03 Å². The Labute approximate surface area is 151 Å². The Kier molecular flexibility index (Phi) is 5.67. The molecule has 1 aromatic carbocycles. The molecule has 0 aliphatic carbocycles. The van der Waals surface area contributed by atoms with Crippen molar-refractivity contribution in [1.29, 1.82) is 0 Å². The summed E-state index contributed by atoms with van der Waals surface area (Å²) in [5, 5.41) is 6.37. The van der Waals surface area contributed by atoms with Crippen LogP contribution in [-0.2, 0) is 4.74 Å². The Morgan fingerprint density at radius 1 is 1.28 bits per heavy atom. The summed E-state index contributed by atoms with van der Waals surface area (Å²) in [6.45, 7) is 2.81. The van der Waals surface area contributed by atoms with Gasteiger partial charge in [0.2, 0.25) is 5.88 Å². The van der Waals surface area contributed by atoms with Gasteiger partial charge < -0.3 is 19.4 Å². The maximum Gasteiger partial charge on any atom is 0.339 e. The number of carbonyl (C=O) groups excluding carboxylic acids is 1. The summed E-state index contributed by atoms with van der Waals surface area (Å²) in [5.41, 5.74) is 2.78. The van der Waals surface area contributed by atoms with Crippen LogP contribution >= 0.6 is 15.9 Å². The number of rotatable bonds is 4. The highest BCUT2D eigenvalue weighted by Gasteiger charge is 2.18. The molecule has 0 bridgehead atoms. The van der Waals surface area contributed by atoms with Gasteiger partial charge in [-0.25, -0.2) is 14.6 Å². The van der Waals surface area contributed by atoms with E-state index in [4.69, 9.17) is 9.15 Å². The van der Waals surface area contributed by atoms with Crippen LogP contribution in [0.15, 0.2) is 44.3 Å². The van der Waals surface area contributed by atoms with E-state index in [1.54, 1.807) is 6.07 Å². The summed E-state index contributed by atoms with van der Waals surface area (Å²) in [6.07, 6.45) is 1.40. The lowest BCUT2D eigenvalue weighted by atomic mass is 10.3. The van der Waals surface area contributed by atoms with Gasteiger partial charge in [-0.3, -0.25) is 0 Å². The van der Waals surface area contributed by atoms with Gasteiger partial charge in [-0.1, -0.05) is 0 Å². The molecule has 25 heavy (non-hydrogen) atoms. The van der Waals surface area contributed by atoms with Gasteiger partial charge in [0.1, 0.15) is 5.82 Å². The highest BCUT2D eigenvalue weighted by atomic mass is 79.9. The topological polar surface area (TPSA) is 79.1 Å². The molecule has 0 spiro atoms. The van der Waals surface area contributed by atoms with Crippen molar-refractivity contribution < 1.29 is 18.3 Å². The molecule has 0 unspecified atom stereocenters. The lowest BCUT2D eigenvalue weighted by molar-refractivity contribution is 0.120. The minimum absolute atomic E-state index is 0.372. The molecule has 7 nitrogen and oxygen atoms in total. The van der Waals surface area contributed by atoms with Crippen molar-refractivity contribution in [2.24, 2.45) is 5.10 Å². The number of furan rings is 1. The van der Waals surface area contributed by atoms with E-state index in [0.29, 0.717) is 30.5 Å². The fraction of sp³-hybridized carbons (Fsp3) is 0.250. The molecule has 2 heterocycles. The minimum atomic E-state index is -0.540.